The van der Waals surface area contributed by atoms with Crippen molar-refractivity contribution < 1.29 is 0 Å². The van der Waals surface area contributed by atoms with Gasteiger partial charge in [-0.05, 0) is 28.2 Å². The van der Waals surface area contributed by atoms with Crippen LogP contribution in [0.5, 0.6) is 0 Å². The van der Waals surface area contributed by atoms with Crippen LogP contribution in [0, 0.1) is 0 Å². The molecule has 1 aliphatic rings. The molecular formula is C11H26N4. The van der Waals surface area contributed by atoms with E-state index in [0.717, 1.165) is 19.6 Å². The van der Waals surface area contributed by atoms with Gasteiger partial charge in [0.15, 0.2) is 0 Å². The van der Waals surface area contributed by atoms with Crippen LogP contribution in [0.2, 0.25) is 0 Å². The molecule has 0 aromatic carbocycles. The Bertz CT molecular complexity index is 172. The molecule has 0 aromatic rings. The van der Waals surface area contributed by atoms with Gasteiger partial charge in [-0.1, -0.05) is 0 Å². The van der Waals surface area contributed by atoms with Gasteiger partial charge in [0.25, 0.3) is 0 Å². The molecule has 15 heavy (non-hydrogen) atoms. The van der Waals surface area contributed by atoms with E-state index in [1.165, 1.54) is 19.6 Å². The first kappa shape index (κ1) is 12.9. The topological polar surface area (TPSA) is 21.8 Å². The Hall–Kier alpha value is -0.160. The van der Waals surface area contributed by atoms with Crippen LogP contribution in [0.25, 0.3) is 0 Å². The van der Waals surface area contributed by atoms with Gasteiger partial charge in [0.05, 0.1) is 0 Å². The molecule has 1 unspecified atom stereocenters. The Kier molecular flexibility index (Phi) is 5.53. The Balaban J connectivity index is 2.13. The van der Waals surface area contributed by atoms with Gasteiger partial charge >= 0.3 is 0 Å². The van der Waals surface area contributed by atoms with Crippen molar-refractivity contribution in [1.82, 2.24) is 20.0 Å². The second-order valence-corrected chi connectivity index (χ2v) is 4.90. The van der Waals surface area contributed by atoms with Crippen LogP contribution in [-0.2, 0) is 0 Å². The first-order chi connectivity index (χ1) is 7.09. The first-order valence-electron chi connectivity index (χ1n) is 5.84. The zero-order chi connectivity index (χ0) is 11.3. The van der Waals surface area contributed by atoms with E-state index >= 15 is 0 Å². The predicted octanol–water partition coefficient (Wildman–Crippen LogP) is -0.617. The van der Waals surface area contributed by atoms with E-state index in [-0.39, 0.29) is 0 Å². The second kappa shape index (κ2) is 6.43. The number of likely N-dealkylation sites (N-methyl/N-ethyl adjacent to an activating group) is 3. The molecule has 90 valence electrons. The van der Waals surface area contributed by atoms with Gasteiger partial charge in [-0.2, -0.15) is 0 Å². The van der Waals surface area contributed by atoms with Crippen LogP contribution in [0.1, 0.15) is 0 Å². The van der Waals surface area contributed by atoms with E-state index in [0.29, 0.717) is 6.04 Å². The summed E-state index contributed by atoms with van der Waals surface area (Å²) in [6, 6.07) is 0.672. The average Bonchev–Trinajstić information content (AvgIpc) is 2.17. The fourth-order valence-corrected chi connectivity index (χ4v) is 1.89. The summed E-state index contributed by atoms with van der Waals surface area (Å²) in [6.45, 7) is 6.88. The molecule has 1 aliphatic heterocycles. The minimum absolute atomic E-state index is 0.672. The fraction of sp³-hybridized carbons (Fsp3) is 1.00. The standard InChI is InChI=1S/C11H26N4/c1-13(2)6-5-12-9-11-10-14(3)7-8-15(11)4/h11-12H,5-10H2,1-4H3. The number of hydrogen-bond donors (Lipinski definition) is 1. The Labute approximate surface area is 94.2 Å². The molecule has 4 nitrogen and oxygen atoms in total. The second-order valence-electron chi connectivity index (χ2n) is 4.90. The molecule has 0 aliphatic carbocycles. The number of hydrogen-bond acceptors (Lipinski definition) is 4. The molecule has 1 saturated heterocycles. The third kappa shape index (κ3) is 4.93. The van der Waals surface area contributed by atoms with Gasteiger partial charge in [0, 0.05) is 45.3 Å². The summed E-state index contributed by atoms with van der Waals surface area (Å²) in [5.41, 5.74) is 0. The van der Waals surface area contributed by atoms with Crippen molar-refractivity contribution in [2.45, 2.75) is 6.04 Å². The van der Waals surface area contributed by atoms with Crippen molar-refractivity contribution in [2.75, 3.05) is 67.5 Å². The van der Waals surface area contributed by atoms with E-state index in [2.05, 4.69) is 48.2 Å². The summed E-state index contributed by atoms with van der Waals surface area (Å²) in [5, 5.41) is 3.53. The zero-order valence-electron chi connectivity index (χ0n) is 10.7. The molecule has 1 fully saturated rings. The van der Waals surface area contributed by atoms with Crippen molar-refractivity contribution in [3.05, 3.63) is 0 Å². The molecular weight excluding hydrogens is 188 g/mol. The lowest BCUT2D eigenvalue weighted by Crippen LogP contribution is -2.54. The van der Waals surface area contributed by atoms with Crippen molar-refractivity contribution in [3.63, 3.8) is 0 Å². The van der Waals surface area contributed by atoms with E-state index in [9.17, 15) is 0 Å². The van der Waals surface area contributed by atoms with Crippen molar-refractivity contribution in [2.24, 2.45) is 0 Å². The van der Waals surface area contributed by atoms with Crippen LogP contribution in [-0.4, -0.2) is 88.2 Å². The van der Waals surface area contributed by atoms with Crippen LogP contribution in [0.4, 0.5) is 0 Å². The van der Waals surface area contributed by atoms with Crippen molar-refractivity contribution in [1.29, 1.82) is 0 Å². The van der Waals surface area contributed by atoms with E-state index in [1.807, 2.05) is 0 Å². The van der Waals surface area contributed by atoms with E-state index in [4.69, 9.17) is 0 Å². The minimum atomic E-state index is 0.672. The largest absolute Gasteiger partial charge is 0.314 e. The highest BCUT2D eigenvalue weighted by molar-refractivity contribution is 4.80. The lowest BCUT2D eigenvalue weighted by molar-refractivity contribution is 0.113. The third-order valence-electron chi connectivity index (χ3n) is 3.10. The van der Waals surface area contributed by atoms with Gasteiger partial charge in [-0.3, -0.25) is 4.90 Å². The third-order valence-corrected chi connectivity index (χ3v) is 3.10. The highest BCUT2D eigenvalue weighted by Crippen LogP contribution is 2.04. The van der Waals surface area contributed by atoms with Gasteiger partial charge in [-0.15, -0.1) is 0 Å². The highest BCUT2D eigenvalue weighted by Gasteiger charge is 2.21. The van der Waals surface area contributed by atoms with Crippen molar-refractivity contribution >= 4 is 0 Å². The summed E-state index contributed by atoms with van der Waals surface area (Å²) in [4.78, 5) is 7.09. The number of rotatable bonds is 5. The summed E-state index contributed by atoms with van der Waals surface area (Å²) in [6.07, 6.45) is 0. The Morgan fingerprint density at radius 1 is 1.27 bits per heavy atom. The molecule has 1 atom stereocenters. The van der Waals surface area contributed by atoms with Gasteiger partial charge in [0.2, 0.25) is 0 Å². The summed E-state index contributed by atoms with van der Waals surface area (Å²) < 4.78 is 0. The first-order valence-corrected chi connectivity index (χ1v) is 5.84. The maximum absolute atomic E-state index is 3.53. The monoisotopic (exact) mass is 214 g/mol. The summed E-state index contributed by atoms with van der Waals surface area (Å²) in [7, 11) is 8.66. The normalized spacial score (nSPS) is 25.0. The minimum Gasteiger partial charge on any atom is -0.314 e. The molecule has 0 spiro atoms. The van der Waals surface area contributed by atoms with Crippen molar-refractivity contribution in [3.8, 4) is 0 Å². The highest BCUT2D eigenvalue weighted by atomic mass is 15.3. The van der Waals surface area contributed by atoms with Crippen LogP contribution in [0.3, 0.4) is 0 Å². The Morgan fingerprint density at radius 2 is 2.00 bits per heavy atom. The van der Waals surface area contributed by atoms with Crippen LogP contribution < -0.4 is 5.32 Å². The summed E-state index contributed by atoms with van der Waals surface area (Å²) >= 11 is 0. The number of nitrogens with one attached hydrogen (secondary N) is 1. The number of nitrogens with zero attached hydrogens (tertiary/aromatic N) is 3. The predicted molar refractivity (Wildman–Crippen MR) is 65.3 cm³/mol. The molecule has 1 heterocycles. The summed E-state index contributed by atoms with van der Waals surface area (Å²) in [5.74, 6) is 0. The van der Waals surface area contributed by atoms with E-state index < -0.39 is 0 Å². The van der Waals surface area contributed by atoms with E-state index in [1.54, 1.807) is 0 Å². The smallest absolute Gasteiger partial charge is 0.0345 e. The molecule has 0 saturated carbocycles. The van der Waals surface area contributed by atoms with Gasteiger partial charge in [0.1, 0.15) is 0 Å². The maximum Gasteiger partial charge on any atom is 0.0345 e. The molecule has 0 aromatic heterocycles. The van der Waals surface area contributed by atoms with Gasteiger partial charge in [-0.25, -0.2) is 0 Å². The molecule has 1 rings (SSSR count). The number of piperazine rings is 1. The molecule has 0 amide bonds. The lowest BCUT2D eigenvalue weighted by atomic mass is 10.2. The zero-order valence-corrected chi connectivity index (χ0v) is 10.7. The van der Waals surface area contributed by atoms with Crippen LogP contribution >= 0.6 is 0 Å². The fourth-order valence-electron chi connectivity index (χ4n) is 1.89. The lowest BCUT2D eigenvalue weighted by Gasteiger charge is -2.37. The average molecular weight is 214 g/mol. The molecule has 0 bridgehead atoms. The molecule has 0 radical (unpaired) electrons. The molecule has 1 N–H and O–H groups in total. The maximum atomic E-state index is 3.53. The molecule has 4 heteroatoms. The SMILES string of the molecule is CN(C)CCNCC1CN(C)CCN1C. The quantitative estimate of drug-likeness (QED) is 0.616. The Morgan fingerprint density at radius 3 is 2.67 bits per heavy atom. The van der Waals surface area contributed by atoms with Gasteiger partial charge < -0.3 is 15.1 Å². The van der Waals surface area contributed by atoms with Crippen LogP contribution in [0.15, 0.2) is 0 Å².